The molecule has 6 nitrogen and oxygen atoms in total. The second-order valence-corrected chi connectivity index (χ2v) is 19.3. The van der Waals surface area contributed by atoms with E-state index in [2.05, 4.69) is 189 Å². The molecule has 0 amide bonds. The van der Waals surface area contributed by atoms with Crippen LogP contribution in [0.2, 0.25) is 0 Å². The van der Waals surface area contributed by atoms with Crippen LogP contribution in [0.1, 0.15) is 63.8 Å². The highest BCUT2D eigenvalue weighted by Crippen LogP contribution is 2.44. The maximum absolute atomic E-state index is 11.2. The Labute approximate surface area is 370 Å². The van der Waals surface area contributed by atoms with Crippen LogP contribution >= 0.6 is 0 Å². The molecule has 0 unspecified atom stereocenters. The highest BCUT2D eigenvalue weighted by atomic mass is 16.3. The summed E-state index contributed by atoms with van der Waals surface area (Å²) in [7, 11) is 0. The van der Waals surface area contributed by atoms with Crippen LogP contribution in [0.5, 0.6) is 0 Å². The van der Waals surface area contributed by atoms with Gasteiger partial charge in [0, 0.05) is 49.1 Å². The van der Waals surface area contributed by atoms with E-state index in [-0.39, 0.29) is 10.8 Å². The average Bonchev–Trinajstić information content (AvgIpc) is 4.03. The second kappa shape index (κ2) is 13.2. The number of aromatic nitrogens is 3. The van der Waals surface area contributed by atoms with Gasteiger partial charge in [-0.05, 0) is 107 Å². The molecule has 4 aromatic heterocycles. The Hall–Kier alpha value is -8.06. The topological polar surface area (TPSA) is 75.5 Å². The molecule has 0 spiro atoms. The standard InChI is InChI=1S/C58H43N5O/c1-57(2,3)36-19-23-49-44(29-36)45-30-37(58(4,5)6)20-24-50(45)63(49)55-34(32-59)27-39(28-35(55)33-60)62-51-25-21-38(61-47-16-10-7-13-40(47)41-14-8-11-17-48(41)61)31-46(51)54-52(62)26-22-43-42-15-9-12-18-53(42)64-56(43)54/h7-31H,1-6H3. The van der Waals surface area contributed by atoms with Gasteiger partial charge in [0.25, 0.3) is 0 Å². The van der Waals surface area contributed by atoms with Crippen molar-refractivity contribution in [2.45, 2.75) is 52.4 Å². The van der Waals surface area contributed by atoms with Crippen LogP contribution in [-0.2, 0) is 10.8 Å². The van der Waals surface area contributed by atoms with Gasteiger partial charge in [0.05, 0.1) is 55.3 Å². The summed E-state index contributed by atoms with van der Waals surface area (Å²) in [5.41, 5.74) is 13.1. The number of nitrogens with zero attached hydrogens (tertiary/aromatic N) is 5. The van der Waals surface area contributed by atoms with Crippen LogP contribution < -0.4 is 0 Å². The second-order valence-electron chi connectivity index (χ2n) is 19.3. The third-order valence-electron chi connectivity index (χ3n) is 13.4. The summed E-state index contributed by atoms with van der Waals surface area (Å²) in [5, 5.41) is 31.0. The van der Waals surface area contributed by atoms with E-state index in [9.17, 15) is 10.5 Å². The summed E-state index contributed by atoms with van der Waals surface area (Å²) in [6.45, 7) is 13.4. The Morgan fingerprint density at radius 3 is 1.47 bits per heavy atom. The van der Waals surface area contributed by atoms with E-state index in [1.165, 1.54) is 21.9 Å². The summed E-state index contributed by atoms with van der Waals surface area (Å²) in [4.78, 5) is 0. The summed E-state index contributed by atoms with van der Waals surface area (Å²) < 4.78 is 13.4. The largest absolute Gasteiger partial charge is 0.455 e. The molecule has 12 aromatic rings. The van der Waals surface area contributed by atoms with E-state index < -0.39 is 0 Å². The van der Waals surface area contributed by atoms with E-state index in [4.69, 9.17) is 4.42 Å². The van der Waals surface area contributed by atoms with E-state index in [0.717, 1.165) is 88.0 Å². The number of hydrogen-bond acceptors (Lipinski definition) is 3. The van der Waals surface area contributed by atoms with E-state index in [1.54, 1.807) is 0 Å². The third kappa shape index (κ3) is 5.30. The molecular formula is C58H43N5O. The van der Waals surface area contributed by atoms with Gasteiger partial charge in [-0.1, -0.05) is 108 Å². The minimum absolute atomic E-state index is 0.0675. The number of rotatable bonds is 3. The van der Waals surface area contributed by atoms with E-state index >= 15 is 0 Å². The molecule has 0 fully saturated rings. The zero-order valence-corrected chi connectivity index (χ0v) is 36.6. The number of hydrogen-bond donors (Lipinski definition) is 0. The maximum Gasteiger partial charge on any atom is 0.145 e. The Bertz CT molecular complexity index is 3900. The molecule has 12 rings (SSSR count). The first-order chi connectivity index (χ1) is 30.9. The first kappa shape index (κ1) is 37.7. The molecule has 0 saturated heterocycles. The number of furan rings is 1. The van der Waals surface area contributed by atoms with Crippen molar-refractivity contribution in [2.75, 3.05) is 0 Å². The smallest absolute Gasteiger partial charge is 0.145 e. The lowest BCUT2D eigenvalue weighted by atomic mass is 9.85. The fraction of sp³-hybridized carbons (Fsp3) is 0.138. The van der Waals surface area contributed by atoms with Crippen LogP contribution in [0.3, 0.4) is 0 Å². The molecule has 306 valence electrons. The van der Waals surface area contributed by atoms with Gasteiger partial charge < -0.3 is 18.1 Å². The number of benzene rings is 8. The van der Waals surface area contributed by atoms with Gasteiger partial charge in [-0.3, -0.25) is 0 Å². The van der Waals surface area contributed by atoms with Gasteiger partial charge in [-0.2, -0.15) is 10.5 Å². The van der Waals surface area contributed by atoms with Gasteiger partial charge in [0.1, 0.15) is 23.3 Å². The van der Waals surface area contributed by atoms with Crippen LogP contribution in [-0.4, -0.2) is 13.7 Å². The van der Waals surface area contributed by atoms with Crippen molar-refractivity contribution in [3.63, 3.8) is 0 Å². The maximum atomic E-state index is 11.2. The fourth-order valence-corrected chi connectivity index (χ4v) is 10.2. The molecule has 0 N–H and O–H groups in total. The van der Waals surface area contributed by atoms with Crippen molar-refractivity contribution in [3.8, 4) is 29.2 Å². The quantitative estimate of drug-likeness (QED) is 0.178. The highest BCUT2D eigenvalue weighted by Gasteiger charge is 2.26. The molecule has 0 aliphatic rings. The van der Waals surface area contributed by atoms with Gasteiger partial charge in [0.15, 0.2) is 0 Å². The lowest BCUT2D eigenvalue weighted by Gasteiger charge is -2.19. The Balaban J connectivity index is 1.15. The molecule has 0 aliphatic heterocycles. The molecule has 64 heavy (non-hydrogen) atoms. The van der Waals surface area contributed by atoms with Crippen molar-refractivity contribution < 1.29 is 4.42 Å². The average molecular weight is 826 g/mol. The van der Waals surface area contributed by atoms with Gasteiger partial charge in [0.2, 0.25) is 0 Å². The minimum atomic E-state index is -0.0675. The number of para-hydroxylation sites is 3. The van der Waals surface area contributed by atoms with Gasteiger partial charge >= 0.3 is 0 Å². The molecule has 0 aliphatic carbocycles. The van der Waals surface area contributed by atoms with E-state index in [0.29, 0.717) is 16.8 Å². The fourth-order valence-electron chi connectivity index (χ4n) is 10.2. The zero-order chi connectivity index (χ0) is 43.8. The Morgan fingerprint density at radius 2 is 0.891 bits per heavy atom. The van der Waals surface area contributed by atoms with Gasteiger partial charge in [-0.25, -0.2) is 0 Å². The first-order valence-corrected chi connectivity index (χ1v) is 21.9. The van der Waals surface area contributed by atoms with Crippen molar-refractivity contribution >= 4 is 87.4 Å². The molecule has 0 bridgehead atoms. The predicted molar refractivity (Wildman–Crippen MR) is 264 cm³/mol. The first-order valence-electron chi connectivity index (χ1n) is 21.9. The molecule has 0 atom stereocenters. The molecular weight excluding hydrogens is 783 g/mol. The van der Waals surface area contributed by atoms with Crippen LogP contribution in [0.15, 0.2) is 156 Å². The number of nitriles is 2. The van der Waals surface area contributed by atoms with Crippen LogP contribution in [0.4, 0.5) is 0 Å². The van der Waals surface area contributed by atoms with Crippen molar-refractivity contribution in [1.29, 1.82) is 10.5 Å². The Kier molecular flexibility index (Phi) is 7.79. The number of fused-ring (bicyclic) bond motifs is 13. The lowest BCUT2D eigenvalue weighted by Crippen LogP contribution is -2.10. The molecule has 6 heteroatoms. The monoisotopic (exact) mass is 825 g/mol. The summed E-state index contributed by atoms with van der Waals surface area (Å²) >= 11 is 0. The molecule has 8 aromatic carbocycles. The summed E-state index contributed by atoms with van der Waals surface area (Å²) in [6.07, 6.45) is 0. The summed E-state index contributed by atoms with van der Waals surface area (Å²) in [5.74, 6) is 0. The van der Waals surface area contributed by atoms with Crippen molar-refractivity contribution in [3.05, 3.63) is 174 Å². The summed E-state index contributed by atoms with van der Waals surface area (Å²) in [6, 6.07) is 58.4. The van der Waals surface area contributed by atoms with Crippen molar-refractivity contribution in [1.82, 2.24) is 13.7 Å². The lowest BCUT2D eigenvalue weighted by molar-refractivity contribution is 0.590. The molecule has 0 saturated carbocycles. The van der Waals surface area contributed by atoms with Gasteiger partial charge in [-0.15, -0.1) is 0 Å². The highest BCUT2D eigenvalue weighted by molar-refractivity contribution is 6.24. The van der Waals surface area contributed by atoms with Crippen LogP contribution in [0.25, 0.3) is 104 Å². The Morgan fingerprint density at radius 1 is 0.406 bits per heavy atom. The molecule has 0 radical (unpaired) electrons. The van der Waals surface area contributed by atoms with Crippen molar-refractivity contribution in [2.24, 2.45) is 0 Å². The molecule has 4 heterocycles. The SMILES string of the molecule is CC(C)(C)c1ccc2c(c1)c1cc(C(C)(C)C)ccc1n2-c1c(C#N)cc(-n2c3ccc(-n4c5ccccc5c5ccccc54)cc3c3c4oc5ccccc5c4ccc32)cc1C#N. The zero-order valence-electron chi connectivity index (χ0n) is 36.6. The van der Waals surface area contributed by atoms with E-state index in [1.807, 2.05) is 30.3 Å². The normalized spacial score (nSPS) is 12.5. The van der Waals surface area contributed by atoms with Crippen LogP contribution in [0, 0.1) is 22.7 Å². The third-order valence-corrected chi connectivity index (χ3v) is 13.4. The predicted octanol–water partition coefficient (Wildman–Crippen LogP) is 15.2. The minimum Gasteiger partial charge on any atom is -0.455 e.